The Bertz CT molecular complexity index is 1320. The average Bonchev–Trinajstić information content (AvgIpc) is 2.84. The lowest BCUT2D eigenvalue weighted by atomic mass is 10.1. The van der Waals surface area contributed by atoms with Gasteiger partial charge in [0.1, 0.15) is 12.3 Å². The van der Waals surface area contributed by atoms with Gasteiger partial charge in [0.15, 0.2) is 0 Å². The minimum Gasteiger partial charge on any atom is -0.495 e. The first-order valence-corrected chi connectivity index (χ1v) is 14.5. The predicted octanol–water partition coefficient (Wildman–Crippen LogP) is 2.74. The van der Waals surface area contributed by atoms with Gasteiger partial charge in [0.2, 0.25) is 15.9 Å². The van der Waals surface area contributed by atoms with Crippen molar-refractivity contribution in [1.82, 2.24) is 8.61 Å². The summed E-state index contributed by atoms with van der Waals surface area (Å²) >= 11 is 0. The van der Waals surface area contributed by atoms with E-state index in [0.29, 0.717) is 24.3 Å². The van der Waals surface area contributed by atoms with Gasteiger partial charge in [-0.1, -0.05) is 18.6 Å². The van der Waals surface area contributed by atoms with E-state index in [9.17, 15) is 21.6 Å². The molecule has 1 N–H and O–H groups in total. The van der Waals surface area contributed by atoms with Gasteiger partial charge in [0, 0.05) is 27.2 Å². The molecule has 2 aromatic rings. The number of nitrogens with one attached hydrogen (secondary N) is 1. The Hall–Kier alpha value is -2.67. The molecule has 10 nitrogen and oxygen atoms in total. The second kappa shape index (κ2) is 11.2. The normalized spacial score (nSPS) is 15.1. The van der Waals surface area contributed by atoms with Crippen LogP contribution in [0.25, 0.3) is 0 Å². The van der Waals surface area contributed by atoms with E-state index in [1.807, 2.05) is 13.0 Å². The largest absolute Gasteiger partial charge is 0.495 e. The van der Waals surface area contributed by atoms with Crippen molar-refractivity contribution >= 4 is 37.5 Å². The molecule has 3 rings (SSSR count). The summed E-state index contributed by atoms with van der Waals surface area (Å²) in [6.07, 6.45) is 2.59. The lowest BCUT2D eigenvalue weighted by Crippen LogP contribution is -2.44. The topological polar surface area (TPSA) is 116 Å². The van der Waals surface area contributed by atoms with Crippen molar-refractivity contribution in [2.75, 3.05) is 50.5 Å². The van der Waals surface area contributed by atoms with Gasteiger partial charge in [-0.3, -0.25) is 4.79 Å². The smallest absolute Gasteiger partial charge is 0.304 e. The molecule has 0 radical (unpaired) electrons. The summed E-state index contributed by atoms with van der Waals surface area (Å²) in [5.74, 6) is -0.387. The van der Waals surface area contributed by atoms with Crippen LogP contribution in [0.3, 0.4) is 0 Å². The quantitative estimate of drug-likeness (QED) is 0.525. The van der Waals surface area contributed by atoms with Crippen molar-refractivity contribution in [3.05, 3.63) is 47.5 Å². The monoisotopic (exact) mass is 538 g/mol. The van der Waals surface area contributed by atoms with Crippen molar-refractivity contribution in [1.29, 1.82) is 0 Å². The fraction of sp³-hybridized carbons (Fsp3) is 0.458. The van der Waals surface area contributed by atoms with E-state index in [1.165, 1.54) is 43.7 Å². The van der Waals surface area contributed by atoms with Crippen LogP contribution in [0.4, 0.5) is 11.4 Å². The van der Waals surface area contributed by atoms with Gasteiger partial charge in [-0.15, -0.1) is 0 Å². The molecule has 0 unspecified atom stereocenters. The number of anilines is 2. The Balaban J connectivity index is 1.93. The molecule has 0 saturated carbocycles. The summed E-state index contributed by atoms with van der Waals surface area (Å²) in [6.45, 7) is 3.98. The number of carbonyl (C=O) groups is 1. The highest BCUT2D eigenvalue weighted by Gasteiger charge is 2.30. The number of sulfonamides is 1. The molecule has 1 amide bonds. The Morgan fingerprint density at radius 1 is 1.00 bits per heavy atom. The minimum absolute atomic E-state index is 0.0350. The van der Waals surface area contributed by atoms with E-state index < -0.39 is 32.7 Å². The molecule has 2 aromatic carbocycles. The van der Waals surface area contributed by atoms with Gasteiger partial charge in [0.25, 0.3) is 0 Å². The van der Waals surface area contributed by atoms with Gasteiger partial charge >= 0.3 is 10.2 Å². The SMILES string of the molecule is COc1ccc(S(=O)(=O)N2CCCCC2)cc1NC(=O)CN(c1cc(C)ccc1C)S(=O)(=O)N(C)C. The summed E-state index contributed by atoms with van der Waals surface area (Å²) < 4.78 is 61.4. The maximum Gasteiger partial charge on any atom is 0.304 e. The number of benzene rings is 2. The zero-order valence-corrected chi connectivity index (χ0v) is 22.9. The molecule has 36 heavy (non-hydrogen) atoms. The van der Waals surface area contributed by atoms with Crippen molar-refractivity contribution in [2.24, 2.45) is 0 Å². The summed E-state index contributed by atoms with van der Waals surface area (Å²) in [6, 6.07) is 9.62. The van der Waals surface area contributed by atoms with Crippen molar-refractivity contribution in [2.45, 2.75) is 38.0 Å². The van der Waals surface area contributed by atoms with E-state index in [0.717, 1.165) is 33.4 Å². The molecule has 12 heteroatoms. The Labute approximate surface area is 214 Å². The molecule has 1 aliphatic rings. The fourth-order valence-electron chi connectivity index (χ4n) is 4.00. The third kappa shape index (κ3) is 6.00. The average molecular weight is 539 g/mol. The summed E-state index contributed by atoms with van der Waals surface area (Å²) in [5.41, 5.74) is 2.05. The first kappa shape index (κ1) is 27.9. The second-order valence-electron chi connectivity index (χ2n) is 8.96. The van der Waals surface area contributed by atoms with Crippen LogP contribution < -0.4 is 14.4 Å². The first-order chi connectivity index (χ1) is 16.9. The molecular weight excluding hydrogens is 504 g/mol. The van der Waals surface area contributed by atoms with Crippen LogP contribution in [-0.4, -0.2) is 72.2 Å². The number of rotatable bonds is 9. The maximum atomic E-state index is 13.1. The number of hydrogen-bond donors (Lipinski definition) is 1. The second-order valence-corrected chi connectivity index (χ2v) is 13.0. The summed E-state index contributed by atoms with van der Waals surface area (Å²) in [4.78, 5) is 13.2. The Morgan fingerprint density at radius 2 is 1.67 bits per heavy atom. The molecule has 0 atom stereocenters. The van der Waals surface area contributed by atoms with Gasteiger partial charge in [-0.25, -0.2) is 12.7 Å². The van der Waals surface area contributed by atoms with E-state index in [-0.39, 0.29) is 16.3 Å². The molecular formula is C24H34N4O6S2. The molecule has 0 aliphatic carbocycles. The Kier molecular flexibility index (Phi) is 8.65. The van der Waals surface area contributed by atoms with Crippen molar-refractivity contribution < 1.29 is 26.4 Å². The standard InChI is InChI=1S/C24H34N4O6S2/c1-18-9-10-19(2)22(15-18)28(36(32,33)26(3)4)17-24(29)25-21-16-20(11-12-23(21)34-5)35(30,31)27-13-7-6-8-14-27/h9-12,15-16H,6-8,13-14,17H2,1-5H3,(H,25,29). The number of methoxy groups -OCH3 is 1. The van der Waals surface area contributed by atoms with Gasteiger partial charge in [-0.2, -0.15) is 17.0 Å². The van der Waals surface area contributed by atoms with E-state index in [1.54, 1.807) is 19.1 Å². The van der Waals surface area contributed by atoms with Gasteiger partial charge in [0.05, 0.1) is 23.4 Å². The molecule has 1 saturated heterocycles. The number of carbonyl (C=O) groups excluding carboxylic acids is 1. The number of nitrogens with zero attached hydrogens (tertiary/aromatic N) is 3. The van der Waals surface area contributed by atoms with Crippen molar-refractivity contribution in [3.63, 3.8) is 0 Å². The molecule has 1 heterocycles. The van der Waals surface area contributed by atoms with Crippen LogP contribution in [0.1, 0.15) is 30.4 Å². The number of hydrogen-bond acceptors (Lipinski definition) is 6. The highest BCUT2D eigenvalue weighted by molar-refractivity contribution is 7.90. The number of ether oxygens (including phenoxy) is 1. The van der Waals surface area contributed by atoms with Crippen LogP contribution in [0, 0.1) is 13.8 Å². The molecule has 1 aliphatic heterocycles. The van der Waals surface area contributed by atoms with Crippen LogP contribution in [0.15, 0.2) is 41.3 Å². The molecule has 1 fully saturated rings. The van der Waals surface area contributed by atoms with Crippen LogP contribution in [0.2, 0.25) is 0 Å². The third-order valence-electron chi connectivity index (χ3n) is 6.06. The maximum absolute atomic E-state index is 13.1. The highest BCUT2D eigenvalue weighted by atomic mass is 32.2. The van der Waals surface area contributed by atoms with E-state index in [4.69, 9.17) is 4.74 Å². The minimum atomic E-state index is -4.01. The number of aryl methyl sites for hydroxylation is 2. The molecule has 0 spiro atoms. The lowest BCUT2D eigenvalue weighted by Gasteiger charge is -2.28. The van der Waals surface area contributed by atoms with Crippen LogP contribution in [-0.2, 0) is 25.0 Å². The lowest BCUT2D eigenvalue weighted by molar-refractivity contribution is -0.114. The Morgan fingerprint density at radius 3 is 2.28 bits per heavy atom. The number of amides is 1. The highest BCUT2D eigenvalue weighted by Crippen LogP contribution is 2.31. The third-order valence-corrected chi connectivity index (χ3v) is 9.76. The first-order valence-electron chi connectivity index (χ1n) is 11.6. The van der Waals surface area contributed by atoms with E-state index >= 15 is 0 Å². The molecule has 198 valence electrons. The van der Waals surface area contributed by atoms with Gasteiger partial charge in [-0.05, 0) is 62.1 Å². The fourth-order valence-corrected chi connectivity index (χ4v) is 6.66. The van der Waals surface area contributed by atoms with Crippen LogP contribution >= 0.6 is 0 Å². The molecule has 0 bridgehead atoms. The van der Waals surface area contributed by atoms with Gasteiger partial charge < -0.3 is 10.1 Å². The predicted molar refractivity (Wildman–Crippen MR) is 140 cm³/mol. The zero-order chi connectivity index (χ0) is 26.7. The molecule has 0 aromatic heterocycles. The summed E-state index contributed by atoms with van der Waals surface area (Å²) in [5, 5.41) is 2.65. The van der Waals surface area contributed by atoms with Crippen molar-refractivity contribution in [3.8, 4) is 5.75 Å². The zero-order valence-electron chi connectivity index (χ0n) is 21.3. The summed E-state index contributed by atoms with van der Waals surface area (Å²) in [7, 11) is -3.56. The van der Waals surface area contributed by atoms with Crippen LogP contribution in [0.5, 0.6) is 5.75 Å². The number of piperidine rings is 1. The van der Waals surface area contributed by atoms with E-state index in [2.05, 4.69) is 5.32 Å².